The summed E-state index contributed by atoms with van der Waals surface area (Å²) in [6.07, 6.45) is 2.80. The topological polar surface area (TPSA) is 46.3 Å². The second-order valence-electron chi connectivity index (χ2n) is 5.83. The fraction of sp³-hybridized carbons (Fsp3) is 0.562. The van der Waals surface area contributed by atoms with E-state index in [0.717, 1.165) is 36.4 Å². The van der Waals surface area contributed by atoms with Crippen LogP contribution >= 0.6 is 11.6 Å². The Labute approximate surface area is 126 Å². The second-order valence-corrected chi connectivity index (χ2v) is 6.27. The van der Waals surface area contributed by atoms with Crippen LogP contribution in [0.2, 0.25) is 5.02 Å². The van der Waals surface area contributed by atoms with Crippen LogP contribution in [0.15, 0.2) is 24.3 Å². The molecule has 110 valence electrons. The zero-order valence-corrected chi connectivity index (χ0v) is 13.0. The van der Waals surface area contributed by atoms with Crippen LogP contribution in [0.25, 0.3) is 0 Å². The van der Waals surface area contributed by atoms with Crippen molar-refractivity contribution in [1.82, 2.24) is 4.90 Å². The molecular weight excluding hydrogens is 272 g/mol. The minimum atomic E-state index is -0.457. The van der Waals surface area contributed by atoms with Gasteiger partial charge in [-0.2, -0.15) is 0 Å². The molecule has 0 saturated carbocycles. The van der Waals surface area contributed by atoms with E-state index in [-0.39, 0.29) is 11.9 Å². The lowest BCUT2D eigenvalue weighted by Gasteiger charge is -2.34. The number of carbonyl (C=O) groups excluding carboxylic acids is 1. The van der Waals surface area contributed by atoms with E-state index in [1.807, 2.05) is 43.0 Å². The SMILES string of the molecule is CCC(C)(CN)C(=O)N1CCCC1c1cccc(Cl)c1. The summed E-state index contributed by atoms with van der Waals surface area (Å²) in [6, 6.07) is 7.96. The number of halogens is 1. The van der Waals surface area contributed by atoms with Crippen molar-refractivity contribution in [1.29, 1.82) is 0 Å². The number of rotatable bonds is 4. The average molecular weight is 295 g/mol. The van der Waals surface area contributed by atoms with Gasteiger partial charge in [-0.3, -0.25) is 4.79 Å². The highest BCUT2D eigenvalue weighted by Crippen LogP contribution is 2.36. The van der Waals surface area contributed by atoms with E-state index in [1.54, 1.807) is 0 Å². The molecule has 1 heterocycles. The third kappa shape index (κ3) is 2.84. The molecule has 2 atom stereocenters. The summed E-state index contributed by atoms with van der Waals surface area (Å²) < 4.78 is 0. The van der Waals surface area contributed by atoms with Crippen LogP contribution in [0.1, 0.15) is 44.7 Å². The number of nitrogens with zero attached hydrogens (tertiary/aromatic N) is 1. The Hall–Kier alpha value is -1.06. The van der Waals surface area contributed by atoms with Gasteiger partial charge in [0.15, 0.2) is 0 Å². The van der Waals surface area contributed by atoms with E-state index in [2.05, 4.69) is 0 Å². The van der Waals surface area contributed by atoms with Crippen LogP contribution in [0.5, 0.6) is 0 Å². The van der Waals surface area contributed by atoms with E-state index < -0.39 is 5.41 Å². The molecule has 3 nitrogen and oxygen atoms in total. The summed E-state index contributed by atoms with van der Waals surface area (Å²) in [4.78, 5) is 14.8. The minimum absolute atomic E-state index is 0.138. The predicted octanol–water partition coefficient (Wildman–Crippen LogP) is 3.38. The molecule has 1 aliphatic heterocycles. The fourth-order valence-electron chi connectivity index (χ4n) is 2.80. The van der Waals surface area contributed by atoms with Gasteiger partial charge >= 0.3 is 0 Å². The van der Waals surface area contributed by atoms with E-state index >= 15 is 0 Å². The molecule has 0 aromatic heterocycles. The zero-order chi connectivity index (χ0) is 14.8. The Bertz CT molecular complexity index is 485. The Morgan fingerprint density at radius 2 is 2.30 bits per heavy atom. The summed E-state index contributed by atoms with van der Waals surface area (Å²) in [6.45, 7) is 5.19. The third-order valence-electron chi connectivity index (χ3n) is 4.49. The maximum Gasteiger partial charge on any atom is 0.230 e. The van der Waals surface area contributed by atoms with Crippen molar-refractivity contribution >= 4 is 17.5 Å². The van der Waals surface area contributed by atoms with Gasteiger partial charge in [0.1, 0.15) is 0 Å². The molecule has 2 N–H and O–H groups in total. The number of nitrogens with two attached hydrogens (primary N) is 1. The average Bonchev–Trinajstić information content (AvgIpc) is 2.95. The first-order chi connectivity index (χ1) is 9.51. The molecular formula is C16H23ClN2O. The van der Waals surface area contributed by atoms with Gasteiger partial charge in [-0.1, -0.05) is 30.7 Å². The van der Waals surface area contributed by atoms with Gasteiger partial charge in [0.25, 0.3) is 0 Å². The lowest BCUT2D eigenvalue weighted by molar-refractivity contribution is -0.142. The molecule has 20 heavy (non-hydrogen) atoms. The minimum Gasteiger partial charge on any atom is -0.335 e. The van der Waals surface area contributed by atoms with Gasteiger partial charge in [0.2, 0.25) is 5.91 Å². The fourth-order valence-corrected chi connectivity index (χ4v) is 3.00. The van der Waals surface area contributed by atoms with Crippen molar-refractivity contribution in [2.45, 2.75) is 39.2 Å². The highest BCUT2D eigenvalue weighted by Gasteiger charge is 2.39. The van der Waals surface area contributed by atoms with Crippen LogP contribution in [0.3, 0.4) is 0 Å². The molecule has 0 radical (unpaired) electrons. The largest absolute Gasteiger partial charge is 0.335 e. The van der Waals surface area contributed by atoms with Gasteiger partial charge in [0, 0.05) is 18.1 Å². The lowest BCUT2D eigenvalue weighted by Crippen LogP contribution is -2.45. The van der Waals surface area contributed by atoms with Crippen molar-refractivity contribution < 1.29 is 4.79 Å². The van der Waals surface area contributed by atoms with Gasteiger partial charge in [-0.05, 0) is 43.9 Å². The Balaban J connectivity index is 2.25. The number of hydrogen-bond donors (Lipinski definition) is 1. The summed E-state index contributed by atoms with van der Waals surface area (Å²) in [5.41, 5.74) is 6.49. The molecule has 1 aromatic carbocycles. The molecule has 2 unspecified atom stereocenters. The van der Waals surface area contributed by atoms with Gasteiger partial charge in [-0.15, -0.1) is 0 Å². The van der Waals surface area contributed by atoms with E-state index in [0.29, 0.717) is 6.54 Å². The molecule has 1 aromatic rings. The zero-order valence-electron chi connectivity index (χ0n) is 12.2. The quantitative estimate of drug-likeness (QED) is 0.925. The van der Waals surface area contributed by atoms with E-state index in [1.165, 1.54) is 0 Å². The molecule has 2 rings (SSSR count). The van der Waals surface area contributed by atoms with Gasteiger partial charge < -0.3 is 10.6 Å². The summed E-state index contributed by atoms with van der Waals surface area (Å²) in [5, 5.41) is 0.721. The predicted molar refractivity (Wildman–Crippen MR) is 82.6 cm³/mol. The normalized spacial score (nSPS) is 21.8. The van der Waals surface area contributed by atoms with E-state index in [9.17, 15) is 4.79 Å². The Morgan fingerprint density at radius 3 is 2.90 bits per heavy atom. The van der Waals surface area contributed by atoms with Crippen LogP contribution < -0.4 is 5.73 Å². The maximum absolute atomic E-state index is 12.8. The maximum atomic E-state index is 12.8. The van der Waals surface area contributed by atoms with Crippen LogP contribution in [-0.4, -0.2) is 23.9 Å². The molecule has 1 saturated heterocycles. The number of amides is 1. The van der Waals surface area contributed by atoms with Crippen molar-refractivity contribution in [2.75, 3.05) is 13.1 Å². The summed E-state index contributed by atoms with van der Waals surface area (Å²) >= 11 is 6.07. The third-order valence-corrected chi connectivity index (χ3v) is 4.73. The van der Waals surface area contributed by atoms with Crippen LogP contribution in [0.4, 0.5) is 0 Å². The Morgan fingerprint density at radius 1 is 1.55 bits per heavy atom. The second kappa shape index (κ2) is 6.15. The summed E-state index contributed by atoms with van der Waals surface area (Å²) in [5.74, 6) is 0.171. The molecule has 1 aliphatic rings. The highest BCUT2D eigenvalue weighted by atomic mass is 35.5. The number of likely N-dealkylation sites (tertiary alicyclic amines) is 1. The molecule has 1 amide bonds. The molecule has 4 heteroatoms. The van der Waals surface area contributed by atoms with Gasteiger partial charge in [0.05, 0.1) is 11.5 Å². The summed E-state index contributed by atoms with van der Waals surface area (Å²) in [7, 11) is 0. The molecule has 1 fully saturated rings. The molecule has 0 aliphatic carbocycles. The Kier molecular flexibility index (Phi) is 4.71. The van der Waals surface area contributed by atoms with Crippen molar-refractivity contribution in [3.63, 3.8) is 0 Å². The van der Waals surface area contributed by atoms with Crippen molar-refractivity contribution in [3.05, 3.63) is 34.9 Å². The standard InChI is InChI=1S/C16H23ClN2O/c1-3-16(2,11-18)15(20)19-9-5-8-14(19)12-6-4-7-13(17)10-12/h4,6-7,10,14H,3,5,8-9,11,18H2,1-2H3. The van der Waals surface area contributed by atoms with Crippen molar-refractivity contribution in [3.8, 4) is 0 Å². The first-order valence-corrected chi connectivity index (χ1v) is 7.66. The smallest absolute Gasteiger partial charge is 0.230 e. The van der Waals surface area contributed by atoms with Crippen LogP contribution in [-0.2, 0) is 4.79 Å². The first-order valence-electron chi connectivity index (χ1n) is 7.28. The monoisotopic (exact) mass is 294 g/mol. The molecule has 0 bridgehead atoms. The number of hydrogen-bond acceptors (Lipinski definition) is 2. The number of benzene rings is 1. The van der Waals surface area contributed by atoms with E-state index in [4.69, 9.17) is 17.3 Å². The first kappa shape index (κ1) is 15.3. The highest BCUT2D eigenvalue weighted by molar-refractivity contribution is 6.30. The lowest BCUT2D eigenvalue weighted by atomic mass is 9.85. The number of carbonyl (C=O) groups is 1. The molecule has 0 spiro atoms. The van der Waals surface area contributed by atoms with Crippen molar-refractivity contribution in [2.24, 2.45) is 11.1 Å². The van der Waals surface area contributed by atoms with Crippen LogP contribution in [0, 0.1) is 5.41 Å². The van der Waals surface area contributed by atoms with Gasteiger partial charge in [-0.25, -0.2) is 0 Å².